The summed E-state index contributed by atoms with van der Waals surface area (Å²) < 4.78 is 0. The number of amides is 1. The predicted octanol–water partition coefficient (Wildman–Crippen LogP) is 0.736. The van der Waals surface area contributed by atoms with Crippen molar-refractivity contribution in [2.75, 3.05) is 11.6 Å². The molecular formula is C11H20N2O3S. The standard InChI is InChI=1S/C11H20N2O3S/c1-11(2,3)8(12)4-9(14)13-6-17-5-7(13)10(15)16/h7-8H,4-6,12H2,1-3H3,(H,15,16)/t7-,8?/m0/s1. The highest BCUT2D eigenvalue weighted by Crippen LogP contribution is 2.25. The van der Waals surface area contributed by atoms with E-state index in [2.05, 4.69) is 0 Å². The van der Waals surface area contributed by atoms with Crippen molar-refractivity contribution in [1.29, 1.82) is 0 Å². The van der Waals surface area contributed by atoms with Gasteiger partial charge in [0.15, 0.2) is 0 Å². The highest BCUT2D eigenvalue weighted by molar-refractivity contribution is 7.99. The molecule has 1 aliphatic heterocycles. The molecule has 0 aromatic rings. The summed E-state index contributed by atoms with van der Waals surface area (Å²) in [7, 11) is 0. The third kappa shape index (κ3) is 3.61. The Balaban J connectivity index is 2.61. The predicted molar refractivity (Wildman–Crippen MR) is 67.6 cm³/mol. The van der Waals surface area contributed by atoms with Gasteiger partial charge < -0.3 is 15.7 Å². The van der Waals surface area contributed by atoms with Crippen LogP contribution in [0.4, 0.5) is 0 Å². The minimum Gasteiger partial charge on any atom is -0.480 e. The molecule has 0 aromatic carbocycles. The molecule has 1 saturated heterocycles. The number of rotatable bonds is 3. The number of aliphatic carboxylic acids is 1. The van der Waals surface area contributed by atoms with Crippen molar-refractivity contribution in [2.45, 2.75) is 39.3 Å². The summed E-state index contributed by atoms with van der Waals surface area (Å²) in [6, 6.07) is -0.949. The van der Waals surface area contributed by atoms with Crippen LogP contribution >= 0.6 is 11.8 Å². The van der Waals surface area contributed by atoms with Crippen LogP contribution in [0.25, 0.3) is 0 Å². The normalized spacial score (nSPS) is 22.6. The summed E-state index contributed by atoms with van der Waals surface area (Å²) in [5.41, 5.74) is 5.79. The molecule has 1 heterocycles. The van der Waals surface area contributed by atoms with E-state index in [1.807, 2.05) is 20.8 Å². The number of nitrogens with two attached hydrogens (primary N) is 1. The molecule has 2 atom stereocenters. The largest absolute Gasteiger partial charge is 0.480 e. The van der Waals surface area contributed by atoms with E-state index in [-0.39, 0.29) is 23.8 Å². The summed E-state index contributed by atoms with van der Waals surface area (Å²) in [5.74, 6) is -0.184. The fourth-order valence-electron chi connectivity index (χ4n) is 1.50. The molecule has 1 amide bonds. The number of carboxylic acids is 1. The van der Waals surface area contributed by atoms with E-state index in [1.165, 1.54) is 16.7 Å². The zero-order chi connectivity index (χ0) is 13.2. The van der Waals surface area contributed by atoms with E-state index in [0.717, 1.165) is 0 Å². The van der Waals surface area contributed by atoms with E-state index in [9.17, 15) is 9.59 Å². The Labute approximate surface area is 106 Å². The van der Waals surface area contributed by atoms with E-state index < -0.39 is 12.0 Å². The van der Waals surface area contributed by atoms with E-state index in [4.69, 9.17) is 10.8 Å². The van der Waals surface area contributed by atoms with Crippen LogP contribution in [0, 0.1) is 5.41 Å². The molecule has 1 fully saturated rings. The van der Waals surface area contributed by atoms with Gasteiger partial charge in [0, 0.05) is 18.2 Å². The van der Waals surface area contributed by atoms with Crippen LogP contribution < -0.4 is 5.73 Å². The summed E-state index contributed by atoms with van der Waals surface area (Å²) >= 11 is 1.46. The Hall–Kier alpha value is -0.750. The first-order valence-electron chi connectivity index (χ1n) is 5.59. The fraction of sp³-hybridized carbons (Fsp3) is 0.818. The van der Waals surface area contributed by atoms with Gasteiger partial charge in [0.2, 0.25) is 5.91 Å². The van der Waals surface area contributed by atoms with Gasteiger partial charge in [0.05, 0.1) is 5.88 Å². The maximum Gasteiger partial charge on any atom is 0.327 e. The smallest absolute Gasteiger partial charge is 0.327 e. The highest BCUT2D eigenvalue weighted by atomic mass is 32.2. The van der Waals surface area contributed by atoms with Crippen LogP contribution in [0.15, 0.2) is 0 Å². The summed E-state index contributed by atoms with van der Waals surface area (Å²) in [5, 5.41) is 8.99. The van der Waals surface area contributed by atoms with E-state index in [1.54, 1.807) is 0 Å². The maximum atomic E-state index is 12.0. The first-order chi connectivity index (χ1) is 7.73. The summed E-state index contributed by atoms with van der Waals surface area (Å²) in [6.07, 6.45) is 0.202. The number of hydrogen-bond donors (Lipinski definition) is 2. The molecule has 5 nitrogen and oxygen atoms in total. The second-order valence-electron chi connectivity index (χ2n) is 5.39. The number of nitrogens with zero attached hydrogens (tertiary/aromatic N) is 1. The van der Waals surface area contributed by atoms with Gasteiger partial charge in [-0.1, -0.05) is 20.8 Å². The van der Waals surface area contributed by atoms with Gasteiger partial charge in [-0.05, 0) is 5.41 Å². The number of hydrogen-bond acceptors (Lipinski definition) is 4. The third-order valence-electron chi connectivity index (χ3n) is 2.99. The lowest BCUT2D eigenvalue weighted by molar-refractivity contribution is -0.148. The van der Waals surface area contributed by atoms with Crippen molar-refractivity contribution < 1.29 is 14.7 Å². The average molecular weight is 260 g/mol. The molecule has 0 aromatic heterocycles. The Morgan fingerprint density at radius 3 is 2.59 bits per heavy atom. The quantitative estimate of drug-likeness (QED) is 0.782. The summed E-state index contributed by atoms with van der Waals surface area (Å²) in [6.45, 7) is 5.91. The van der Waals surface area contributed by atoms with Gasteiger partial charge >= 0.3 is 5.97 Å². The molecule has 3 N–H and O–H groups in total. The van der Waals surface area contributed by atoms with Crippen molar-refractivity contribution in [3.63, 3.8) is 0 Å². The average Bonchev–Trinajstić information content (AvgIpc) is 2.63. The van der Waals surface area contributed by atoms with Crippen molar-refractivity contribution >= 4 is 23.6 Å². The van der Waals surface area contributed by atoms with Crippen LogP contribution in [0.1, 0.15) is 27.2 Å². The SMILES string of the molecule is CC(C)(C)C(N)CC(=O)N1CSC[C@H]1C(=O)O. The monoisotopic (exact) mass is 260 g/mol. The van der Waals surface area contributed by atoms with E-state index >= 15 is 0 Å². The minimum absolute atomic E-state index is 0.152. The Morgan fingerprint density at radius 1 is 1.53 bits per heavy atom. The molecule has 0 spiro atoms. The third-order valence-corrected chi connectivity index (χ3v) is 4.01. The van der Waals surface area contributed by atoms with Crippen LogP contribution in [-0.2, 0) is 9.59 Å². The molecule has 98 valence electrons. The second kappa shape index (κ2) is 5.27. The number of carbonyl (C=O) groups is 2. The number of carboxylic acid groups (broad SMARTS) is 1. The van der Waals surface area contributed by atoms with Gasteiger partial charge in [-0.2, -0.15) is 0 Å². The van der Waals surface area contributed by atoms with Gasteiger partial charge in [-0.15, -0.1) is 11.8 Å². The van der Waals surface area contributed by atoms with Crippen LogP contribution in [0.5, 0.6) is 0 Å². The first-order valence-corrected chi connectivity index (χ1v) is 6.74. The van der Waals surface area contributed by atoms with Crippen molar-refractivity contribution in [3.8, 4) is 0 Å². The topological polar surface area (TPSA) is 83.6 Å². The molecule has 1 unspecified atom stereocenters. The molecule has 0 aliphatic carbocycles. The van der Waals surface area contributed by atoms with Gasteiger partial charge in [0.25, 0.3) is 0 Å². The Morgan fingerprint density at radius 2 is 2.12 bits per heavy atom. The van der Waals surface area contributed by atoms with Crippen LogP contribution in [-0.4, -0.2) is 45.6 Å². The molecule has 1 aliphatic rings. The number of thioether (sulfide) groups is 1. The van der Waals surface area contributed by atoms with Crippen molar-refractivity contribution in [1.82, 2.24) is 4.90 Å². The van der Waals surface area contributed by atoms with Gasteiger partial charge in [-0.25, -0.2) is 4.79 Å². The zero-order valence-corrected chi connectivity index (χ0v) is 11.3. The molecular weight excluding hydrogens is 240 g/mol. The second-order valence-corrected chi connectivity index (χ2v) is 6.39. The number of carbonyl (C=O) groups excluding carboxylic acids is 1. The molecule has 0 saturated carbocycles. The molecule has 6 heteroatoms. The van der Waals surface area contributed by atoms with E-state index in [0.29, 0.717) is 11.6 Å². The van der Waals surface area contributed by atoms with Crippen molar-refractivity contribution in [3.05, 3.63) is 0 Å². The lowest BCUT2D eigenvalue weighted by atomic mass is 9.85. The van der Waals surface area contributed by atoms with Crippen LogP contribution in [0.2, 0.25) is 0 Å². The maximum absolute atomic E-state index is 12.0. The minimum atomic E-state index is -0.937. The lowest BCUT2D eigenvalue weighted by Crippen LogP contribution is -2.46. The summed E-state index contributed by atoms with van der Waals surface area (Å²) in [4.78, 5) is 24.4. The fourth-order valence-corrected chi connectivity index (χ4v) is 2.68. The van der Waals surface area contributed by atoms with Crippen molar-refractivity contribution in [2.24, 2.45) is 11.1 Å². The highest BCUT2D eigenvalue weighted by Gasteiger charge is 2.36. The molecule has 0 radical (unpaired) electrons. The molecule has 17 heavy (non-hydrogen) atoms. The molecule has 1 rings (SSSR count). The molecule has 0 bridgehead atoms. The van der Waals surface area contributed by atoms with Gasteiger partial charge in [-0.3, -0.25) is 4.79 Å². The Bertz CT molecular complexity index is 314. The zero-order valence-electron chi connectivity index (χ0n) is 10.5. The van der Waals surface area contributed by atoms with Crippen LogP contribution in [0.3, 0.4) is 0 Å². The lowest BCUT2D eigenvalue weighted by Gasteiger charge is -2.29. The van der Waals surface area contributed by atoms with Gasteiger partial charge in [0.1, 0.15) is 6.04 Å². The Kier molecular flexibility index (Phi) is 4.43. The first kappa shape index (κ1) is 14.3.